The lowest BCUT2D eigenvalue weighted by atomic mass is 10.2. The fourth-order valence-electron chi connectivity index (χ4n) is 1.88. The molecule has 0 amide bonds. The van der Waals surface area contributed by atoms with Crippen molar-refractivity contribution < 1.29 is 12.9 Å². The van der Waals surface area contributed by atoms with Crippen LogP contribution in [0.3, 0.4) is 0 Å². The number of hydrogen-bond donors (Lipinski definition) is 1. The normalized spacial score (nSPS) is 13.2. The van der Waals surface area contributed by atoms with Crippen LogP contribution in [0.5, 0.6) is 0 Å². The van der Waals surface area contributed by atoms with E-state index in [1.165, 1.54) is 0 Å². The van der Waals surface area contributed by atoms with Gasteiger partial charge in [0.1, 0.15) is 5.75 Å². The second kappa shape index (κ2) is 7.34. The van der Waals surface area contributed by atoms with Crippen molar-refractivity contribution in [2.75, 3.05) is 7.05 Å². The van der Waals surface area contributed by atoms with E-state index in [2.05, 4.69) is 31.4 Å². The lowest BCUT2D eigenvalue weighted by Crippen LogP contribution is -2.24. The van der Waals surface area contributed by atoms with E-state index >= 15 is 0 Å². The summed E-state index contributed by atoms with van der Waals surface area (Å²) in [7, 11) is -1.51. The molecule has 1 aromatic heterocycles. The number of halogens is 1. The second-order valence-corrected chi connectivity index (χ2v) is 8.14. The van der Waals surface area contributed by atoms with Crippen LogP contribution in [0.1, 0.15) is 24.2 Å². The lowest BCUT2D eigenvalue weighted by molar-refractivity contribution is 0.380. The first-order valence-corrected chi connectivity index (χ1v) is 9.43. The van der Waals surface area contributed by atoms with Gasteiger partial charge in [-0.25, -0.2) is 8.42 Å². The summed E-state index contributed by atoms with van der Waals surface area (Å²) in [5.41, 5.74) is 0.728. The standard InChI is InChI=1S/C14H18BrN3O3S/c1-10(16-2)7-13-17-14(21-18-13)9-22(19,20)8-11-3-5-12(15)6-4-11/h3-6,10,16H,7-9H2,1-2H3. The van der Waals surface area contributed by atoms with Crippen LogP contribution in [0.2, 0.25) is 0 Å². The molecule has 1 aromatic carbocycles. The van der Waals surface area contributed by atoms with Gasteiger partial charge in [0, 0.05) is 16.9 Å². The summed E-state index contributed by atoms with van der Waals surface area (Å²) in [5, 5.41) is 6.87. The molecule has 8 heteroatoms. The molecule has 1 N–H and O–H groups in total. The van der Waals surface area contributed by atoms with Gasteiger partial charge < -0.3 is 9.84 Å². The van der Waals surface area contributed by atoms with Gasteiger partial charge in [-0.2, -0.15) is 4.98 Å². The van der Waals surface area contributed by atoms with Crippen LogP contribution in [-0.4, -0.2) is 31.6 Å². The summed E-state index contributed by atoms with van der Waals surface area (Å²) in [5.74, 6) is 0.348. The Morgan fingerprint density at radius 2 is 1.95 bits per heavy atom. The molecule has 1 atom stereocenters. The van der Waals surface area contributed by atoms with Gasteiger partial charge >= 0.3 is 0 Å². The van der Waals surface area contributed by atoms with Crippen LogP contribution in [0.15, 0.2) is 33.3 Å². The van der Waals surface area contributed by atoms with E-state index in [4.69, 9.17) is 4.52 Å². The number of likely N-dealkylation sites (N-methyl/N-ethyl adjacent to an activating group) is 1. The van der Waals surface area contributed by atoms with Crippen LogP contribution in [0.4, 0.5) is 0 Å². The Morgan fingerprint density at radius 3 is 2.59 bits per heavy atom. The van der Waals surface area contributed by atoms with Gasteiger partial charge in [0.2, 0.25) is 5.89 Å². The van der Waals surface area contributed by atoms with Gasteiger partial charge in [0.15, 0.2) is 15.7 Å². The third-order valence-electron chi connectivity index (χ3n) is 3.13. The molecular weight excluding hydrogens is 370 g/mol. The third-order valence-corrected chi connectivity index (χ3v) is 5.12. The van der Waals surface area contributed by atoms with Crippen molar-refractivity contribution >= 4 is 25.8 Å². The molecule has 0 saturated heterocycles. The lowest BCUT2D eigenvalue weighted by Gasteiger charge is -2.04. The third kappa shape index (κ3) is 5.19. The number of nitrogens with one attached hydrogen (secondary N) is 1. The molecule has 0 fully saturated rings. The average Bonchev–Trinajstić information content (AvgIpc) is 2.87. The minimum Gasteiger partial charge on any atom is -0.338 e. The maximum atomic E-state index is 12.2. The molecule has 1 heterocycles. The first-order chi connectivity index (χ1) is 10.4. The van der Waals surface area contributed by atoms with E-state index in [1.54, 1.807) is 12.1 Å². The van der Waals surface area contributed by atoms with Crippen molar-refractivity contribution in [3.63, 3.8) is 0 Å². The summed E-state index contributed by atoms with van der Waals surface area (Å²) in [6, 6.07) is 7.37. The summed E-state index contributed by atoms with van der Waals surface area (Å²) in [6.45, 7) is 1.99. The highest BCUT2D eigenvalue weighted by Gasteiger charge is 2.18. The monoisotopic (exact) mass is 387 g/mol. The van der Waals surface area contributed by atoms with E-state index in [-0.39, 0.29) is 23.4 Å². The number of hydrogen-bond acceptors (Lipinski definition) is 6. The quantitative estimate of drug-likeness (QED) is 0.782. The highest BCUT2D eigenvalue weighted by Crippen LogP contribution is 2.15. The Hall–Kier alpha value is -1.25. The molecule has 0 bridgehead atoms. The molecule has 1 unspecified atom stereocenters. The van der Waals surface area contributed by atoms with Crippen molar-refractivity contribution in [3.8, 4) is 0 Å². The summed E-state index contributed by atoms with van der Waals surface area (Å²) >= 11 is 3.32. The van der Waals surface area contributed by atoms with Gasteiger partial charge in [-0.3, -0.25) is 0 Å². The summed E-state index contributed by atoms with van der Waals surface area (Å²) < 4.78 is 30.3. The Morgan fingerprint density at radius 1 is 1.27 bits per heavy atom. The molecule has 2 rings (SSSR count). The molecule has 120 valence electrons. The van der Waals surface area contributed by atoms with Crippen LogP contribution in [-0.2, 0) is 27.8 Å². The molecule has 0 radical (unpaired) electrons. The van der Waals surface area contributed by atoms with Crippen molar-refractivity contribution in [2.24, 2.45) is 0 Å². The van der Waals surface area contributed by atoms with Crippen molar-refractivity contribution in [2.45, 2.75) is 30.9 Å². The van der Waals surface area contributed by atoms with Crippen molar-refractivity contribution in [1.82, 2.24) is 15.5 Å². The van der Waals surface area contributed by atoms with Crippen LogP contribution in [0.25, 0.3) is 0 Å². The van der Waals surface area contributed by atoms with Crippen molar-refractivity contribution in [1.29, 1.82) is 0 Å². The zero-order valence-corrected chi connectivity index (χ0v) is 14.8. The maximum Gasteiger partial charge on any atom is 0.241 e. The highest BCUT2D eigenvalue weighted by molar-refractivity contribution is 9.10. The Labute approximate surface area is 138 Å². The van der Waals surface area contributed by atoms with Gasteiger partial charge in [-0.15, -0.1) is 0 Å². The zero-order valence-electron chi connectivity index (χ0n) is 12.4. The number of nitrogens with zero attached hydrogens (tertiary/aromatic N) is 2. The van der Waals surface area contributed by atoms with Gasteiger partial charge in [-0.05, 0) is 31.7 Å². The Kier molecular flexibility index (Phi) is 5.71. The fourth-order valence-corrected chi connectivity index (χ4v) is 3.44. The minimum atomic E-state index is -3.35. The number of sulfone groups is 1. The second-order valence-electron chi connectivity index (χ2n) is 5.16. The number of rotatable bonds is 7. The molecular formula is C14H18BrN3O3S. The molecule has 0 aliphatic carbocycles. The molecule has 0 spiro atoms. The SMILES string of the molecule is CNC(C)Cc1noc(CS(=O)(=O)Cc2ccc(Br)cc2)n1. The fraction of sp³-hybridized carbons (Fsp3) is 0.429. The number of benzene rings is 1. The molecule has 6 nitrogen and oxygen atoms in total. The zero-order chi connectivity index (χ0) is 16.2. The van der Waals surface area contributed by atoms with Gasteiger partial charge in [-0.1, -0.05) is 33.2 Å². The predicted octanol–water partition coefficient (Wildman–Crippen LogP) is 2.10. The topological polar surface area (TPSA) is 85.1 Å². The average molecular weight is 388 g/mol. The Balaban J connectivity index is 2.01. The van der Waals surface area contributed by atoms with E-state index in [9.17, 15) is 8.42 Å². The largest absolute Gasteiger partial charge is 0.338 e. The first kappa shape index (κ1) is 17.1. The molecule has 22 heavy (non-hydrogen) atoms. The van der Waals surface area contributed by atoms with Crippen LogP contribution < -0.4 is 5.32 Å². The van der Waals surface area contributed by atoms with Gasteiger partial charge in [0.05, 0.1) is 5.75 Å². The predicted molar refractivity (Wildman–Crippen MR) is 87.0 cm³/mol. The van der Waals surface area contributed by atoms with E-state index in [1.807, 2.05) is 26.1 Å². The molecule has 0 aliphatic heterocycles. The molecule has 2 aromatic rings. The van der Waals surface area contributed by atoms with Gasteiger partial charge in [0.25, 0.3) is 0 Å². The molecule has 0 saturated carbocycles. The van der Waals surface area contributed by atoms with E-state index in [0.29, 0.717) is 12.2 Å². The minimum absolute atomic E-state index is 0.0507. The van der Waals surface area contributed by atoms with E-state index < -0.39 is 9.84 Å². The maximum absolute atomic E-state index is 12.2. The highest BCUT2D eigenvalue weighted by atomic mass is 79.9. The summed E-state index contributed by atoms with van der Waals surface area (Å²) in [6.07, 6.45) is 0.590. The van der Waals surface area contributed by atoms with Crippen LogP contribution >= 0.6 is 15.9 Å². The summed E-state index contributed by atoms with van der Waals surface area (Å²) in [4.78, 5) is 4.13. The first-order valence-electron chi connectivity index (χ1n) is 6.81. The smallest absolute Gasteiger partial charge is 0.241 e. The van der Waals surface area contributed by atoms with Crippen molar-refractivity contribution in [3.05, 3.63) is 46.0 Å². The molecule has 0 aliphatic rings. The van der Waals surface area contributed by atoms with Crippen LogP contribution in [0, 0.1) is 0 Å². The number of aromatic nitrogens is 2. The van der Waals surface area contributed by atoms with E-state index in [0.717, 1.165) is 10.0 Å². The Bertz CT molecular complexity index is 713.